The maximum absolute atomic E-state index is 5.92. The molecule has 1 saturated carbocycles. The van der Waals surface area contributed by atoms with Gasteiger partial charge >= 0.3 is 0 Å². The first-order chi connectivity index (χ1) is 8.71. The van der Waals surface area contributed by atoms with E-state index < -0.39 is 0 Å². The molecule has 0 spiro atoms. The van der Waals surface area contributed by atoms with E-state index in [2.05, 4.69) is 25.5 Å². The highest BCUT2D eigenvalue weighted by atomic mass is 15.3. The van der Waals surface area contributed by atoms with Gasteiger partial charge in [0.05, 0.1) is 11.7 Å². The number of aryl methyl sites for hydroxylation is 1. The van der Waals surface area contributed by atoms with Gasteiger partial charge in [-0.1, -0.05) is 33.6 Å². The molecule has 102 valence electrons. The average molecular weight is 249 g/mol. The van der Waals surface area contributed by atoms with E-state index in [1.54, 1.807) is 0 Å². The van der Waals surface area contributed by atoms with Crippen molar-refractivity contribution in [2.45, 2.75) is 71.9 Å². The number of rotatable bonds is 4. The molecular formula is C15H27N3. The lowest BCUT2D eigenvalue weighted by atomic mass is 9.87. The highest BCUT2D eigenvalue weighted by molar-refractivity contribution is 5.27. The van der Waals surface area contributed by atoms with Gasteiger partial charge in [-0.2, -0.15) is 5.10 Å². The van der Waals surface area contributed by atoms with Crippen molar-refractivity contribution in [2.75, 3.05) is 0 Å². The van der Waals surface area contributed by atoms with E-state index >= 15 is 0 Å². The maximum Gasteiger partial charge on any atom is 0.0669 e. The minimum Gasteiger partial charge on any atom is -0.326 e. The fraction of sp³-hybridized carbons (Fsp3) is 0.800. The van der Waals surface area contributed by atoms with Crippen molar-refractivity contribution in [2.24, 2.45) is 11.7 Å². The van der Waals surface area contributed by atoms with Gasteiger partial charge in [0.15, 0.2) is 0 Å². The summed E-state index contributed by atoms with van der Waals surface area (Å²) in [4.78, 5) is 0. The molecule has 1 fully saturated rings. The van der Waals surface area contributed by atoms with Crippen LogP contribution in [0.25, 0.3) is 0 Å². The molecule has 2 atom stereocenters. The third kappa shape index (κ3) is 2.46. The largest absolute Gasteiger partial charge is 0.326 e. The zero-order valence-electron chi connectivity index (χ0n) is 12.1. The van der Waals surface area contributed by atoms with E-state index in [0.29, 0.717) is 12.6 Å². The quantitative estimate of drug-likeness (QED) is 0.890. The summed E-state index contributed by atoms with van der Waals surface area (Å²) < 4.78 is 2.32. The first-order valence-electron chi connectivity index (χ1n) is 7.50. The van der Waals surface area contributed by atoms with Crippen LogP contribution in [0.15, 0.2) is 0 Å². The van der Waals surface area contributed by atoms with Crippen molar-refractivity contribution in [1.29, 1.82) is 0 Å². The lowest BCUT2D eigenvalue weighted by molar-refractivity contribution is 0.261. The van der Waals surface area contributed by atoms with Crippen LogP contribution in [0.1, 0.15) is 69.4 Å². The van der Waals surface area contributed by atoms with E-state index in [1.165, 1.54) is 42.6 Å². The van der Waals surface area contributed by atoms with Crippen LogP contribution in [0.3, 0.4) is 0 Å². The van der Waals surface area contributed by atoms with Crippen LogP contribution in [-0.4, -0.2) is 9.78 Å². The Hall–Kier alpha value is -0.830. The Morgan fingerprint density at radius 3 is 2.61 bits per heavy atom. The zero-order valence-corrected chi connectivity index (χ0v) is 12.1. The minimum atomic E-state index is 0.606. The molecule has 0 bridgehead atoms. The highest BCUT2D eigenvalue weighted by Gasteiger charge is 2.25. The molecule has 1 heterocycles. The van der Waals surface area contributed by atoms with Gasteiger partial charge in [0.2, 0.25) is 0 Å². The van der Waals surface area contributed by atoms with Gasteiger partial charge < -0.3 is 5.73 Å². The van der Waals surface area contributed by atoms with Crippen LogP contribution in [0.5, 0.6) is 0 Å². The standard InChI is InChI=1S/C15H27N3/c1-4-14-13(10-16)15(5-2)18(17-14)12-8-6-7-11(3)9-12/h11-12H,4-10,16H2,1-3H3. The highest BCUT2D eigenvalue weighted by Crippen LogP contribution is 2.34. The second-order valence-electron chi connectivity index (χ2n) is 5.65. The first-order valence-corrected chi connectivity index (χ1v) is 7.50. The van der Waals surface area contributed by atoms with E-state index in [0.717, 1.165) is 18.8 Å². The van der Waals surface area contributed by atoms with Crippen LogP contribution in [0, 0.1) is 5.92 Å². The molecule has 0 aromatic carbocycles. The third-order valence-corrected chi connectivity index (χ3v) is 4.33. The Morgan fingerprint density at radius 1 is 1.28 bits per heavy atom. The molecule has 3 heteroatoms. The van der Waals surface area contributed by atoms with E-state index in [-0.39, 0.29) is 0 Å². The molecule has 0 aliphatic heterocycles. The summed E-state index contributed by atoms with van der Waals surface area (Å²) in [6.07, 6.45) is 7.32. The Morgan fingerprint density at radius 2 is 2.06 bits per heavy atom. The fourth-order valence-electron chi connectivity index (χ4n) is 3.38. The lowest BCUT2D eigenvalue weighted by Gasteiger charge is -2.28. The van der Waals surface area contributed by atoms with Crippen molar-refractivity contribution >= 4 is 0 Å². The summed E-state index contributed by atoms with van der Waals surface area (Å²) in [7, 11) is 0. The van der Waals surface area contributed by atoms with Crippen LogP contribution in [0.2, 0.25) is 0 Å². The van der Waals surface area contributed by atoms with Crippen LogP contribution < -0.4 is 5.73 Å². The Labute approximate surface area is 111 Å². The van der Waals surface area contributed by atoms with Crippen molar-refractivity contribution in [3.05, 3.63) is 17.0 Å². The molecule has 18 heavy (non-hydrogen) atoms. The predicted octanol–water partition coefficient (Wildman–Crippen LogP) is 3.22. The molecule has 1 aromatic rings. The second-order valence-corrected chi connectivity index (χ2v) is 5.65. The van der Waals surface area contributed by atoms with E-state index in [9.17, 15) is 0 Å². The summed E-state index contributed by atoms with van der Waals surface area (Å²) in [5.41, 5.74) is 9.82. The summed E-state index contributed by atoms with van der Waals surface area (Å²) in [6.45, 7) is 7.40. The Kier molecular flexibility index (Phi) is 4.44. The molecule has 3 nitrogen and oxygen atoms in total. The maximum atomic E-state index is 5.92. The molecule has 1 aliphatic rings. The number of aromatic nitrogens is 2. The monoisotopic (exact) mass is 249 g/mol. The Balaban J connectivity index is 2.34. The SMILES string of the molecule is CCc1nn(C2CCCC(C)C2)c(CC)c1CN. The molecule has 2 N–H and O–H groups in total. The topological polar surface area (TPSA) is 43.8 Å². The number of hydrogen-bond donors (Lipinski definition) is 1. The van der Waals surface area contributed by atoms with E-state index in [4.69, 9.17) is 10.8 Å². The van der Waals surface area contributed by atoms with Gasteiger partial charge in [0.25, 0.3) is 0 Å². The summed E-state index contributed by atoms with van der Waals surface area (Å²) in [6, 6.07) is 0.606. The third-order valence-electron chi connectivity index (χ3n) is 4.33. The first kappa shape index (κ1) is 13.6. The van der Waals surface area contributed by atoms with Crippen LogP contribution in [-0.2, 0) is 19.4 Å². The molecule has 0 radical (unpaired) electrons. The lowest BCUT2D eigenvalue weighted by Crippen LogP contribution is -2.20. The average Bonchev–Trinajstić information content (AvgIpc) is 2.76. The summed E-state index contributed by atoms with van der Waals surface area (Å²) in [5, 5.41) is 4.87. The number of nitrogens with two attached hydrogens (primary N) is 1. The van der Waals surface area contributed by atoms with Gasteiger partial charge in [0.1, 0.15) is 0 Å². The fourth-order valence-corrected chi connectivity index (χ4v) is 3.38. The van der Waals surface area contributed by atoms with Crippen LogP contribution in [0.4, 0.5) is 0 Å². The Bertz CT molecular complexity index is 395. The summed E-state index contributed by atoms with van der Waals surface area (Å²) in [5.74, 6) is 0.837. The molecule has 1 aromatic heterocycles. The molecule has 0 amide bonds. The molecule has 0 saturated heterocycles. The van der Waals surface area contributed by atoms with Gasteiger partial charge in [-0.3, -0.25) is 4.68 Å². The minimum absolute atomic E-state index is 0.606. The van der Waals surface area contributed by atoms with Crippen molar-refractivity contribution in [1.82, 2.24) is 9.78 Å². The molecule has 2 unspecified atom stereocenters. The van der Waals surface area contributed by atoms with E-state index in [1.807, 2.05) is 0 Å². The van der Waals surface area contributed by atoms with Crippen molar-refractivity contribution in [3.63, 3.8) is 0 Å². The summed E-state index contributed by atoms with van der Waals surface area (Å²) >= 11 is 0. The van der Waals surface area contributed by atoms with Crippen molar-refractivity contribution in [3.8, 4) is 0 Å². The normalized spacial score (nSPS) is 24.4. The van der Waals surface area contributed by atoms with Gasteiger partial charge in [0, 0.05) is 17.8 Å². The second kappa shape index (κ2) is 5.87. The molecule has 1 aliphatic carbocycles. The van der Waals surface area contributed by atoms with Gasteiger partial charge in [-0.15, -0.1) is 0 Å². The zero-order chi connectivity index (χ0) is 13.1. The molecular weight excluding hydrogens is 222 g/mol. The van der Waals surface area contributed by atoms with Crippen molar-refractivity contribution < 1.29 is 0 Å². The van der Waals surface area contributed by atoms with Gasteiger partial charge in [-0.25, -0.2) is 0 Å². The predicted molar refractivity (Wildman–Crippen MR) is 75.5 cm³/mol. The number of nitrogens with zero attached hydrogens (tertiary/aromatic N) is 2. The smallest absolute Gasteiger partial charge is 0.0669 e. The molecule has 2 rings (SSSR count). The van der Waals surface area contributed by atoms with Crippen LogP contribution >= 0.6 is 0 Å². The van der Waals surface area contributed by atoms with Gasteiger partial charge in [-0.05, 0) is 31.6 Å². The number of hydrogen-bond acceptors (Lipinski definition) is 2.